The fourth-order valence-corrected chi connectivity index (χ4v) is 4.86. The van der Waals surface area contributed by atoms with Gasteiger partial charge in [-0.1, -0.05) is 45.0 Å². The van der Waals surface area contributed by atoms with Crippen LogP contribution in [0.5, 0.6) is 0 Å². The minimum absolute atomic E-state index is 0.0551. The van der Waals surface area contributed by atoms with E-state index in [4.69, 9.17) is 4.43 Å². The van der Waals surface area contributed by atoms with Crippen molar-refractivity contribution in [3.63, 3.8) is 0 Å². The lowest BCUT2D eigenvalue weighted by molar-refractivity contribution is -0.143. The number of alkyl halides is 6. The number of carbonyl (C=O) groups excluding carboxylic acids is 1. The lowest BCUT2D eigenvalue weighted by Crippen LogP contribution is -2.46. The van der Waals surface area contributed by atoms with Gasteiger partial charge in [0.15, 0.2) is 14.1 Å². The summed E-state index contributed by atoms with van der Waals surface area (Å²) in [6, 6.07) is 8.73. The van der Waals surface area contributed by atoms with Crippen molar-refractivity contribution in [1.29, 1.82) is 0 Å². The Morgan fingerprint density at radius 2 is 1.54 bits per heavy atom. The molecule has 2 aromatic carbocycles. The molecule has 0 spiro atoms. The largest absolute Gasteiger partial charge is 0.416 e. The molecule has 1 N–H and O–H groups in total. The number of carbonyl (C=O) groups is 1. The van der Waals surface area contributed by atoms with E-state index < -0.39 is 43.7 Å². The zero-order valence-corrected chi connectivity index (χ0v) is 22.1. The summed E-state index contributed by atoms with van der Waals surface area (Å²) in [7, 11) is -2.47. The van der Waals surface area contributed by atoms with E-state index in [1.54, 1.807) is 6.20 Å². The summed E-state index contributed by atoms with van der Waals surface area (Å²) in [6.07, 6.45) is -6.98. The second-order valence-electron chi connectivity index (χ2n) is 10.5. The van der Waals surface area contributed by atoms with Crippen molar-refractivity contribution in [1.82, 2.24) is 4.98 Å². The van der Waals surface area contributed by atoms with E-state index in [0.29, 0.717) is 12.1 Å². The minimum Gasteiger partial charge on any atom is -0.406 e. The van der Waals surface area contributed by atoms with Crippen molar-refractivity contribution in [2.45, 2.75) is 63.8 Å². The normalized spacial score (nSPS) is 14.5. The highest BCUT2D eigenvalue weighted by Gasteiger charge is 2.41. The predicted molar refractivity (Wildman–Crippen MR) is 135 cm³/mol. The summed E-state index contributed by atoms with van der Waals surface area (Å²) in [5.41, 5.74) is -1.58. The number of ketones is 1. The predicted octanol–water partition coefficient (Wildman–Crippen LogP) is 8.42. The molecule has 1 heterocycles. The van der Waals surface area contributed by atoms with Crippen LogP contribution in [-0.2, 0) is 28.0 Å². The van der Waals surface area contributed by atoms with Crippen molar-refractivity contribution < 1.29 is 35.6 Å². The van der Waals surface area contributed by atoms with Crippen LogP contribution >= 0.6 is 0 Å². The van der Waals surface area contributed by atoms with Gasteiger partial charge in [-0.3, -0.25) is 4.79 Å². The number of aromatic amines is 1. The molecule has 0 amide bonds. The number of fused-ring (bicyclic) bond motifs is 1. The van der Waals surface area contributed by atoms with Crippen LogP contribution in [0.3, 0.4) is 0 Å². The van der Waals surface area contributed by atoms with E-state index in [2.05, 4.69) is 4.98 Å². The first-order valence-electron chi connectivity index (χ1n) is 11.6. The number of benzene rings is 2. The van der Waals surface area contributed by atoms with Crippen molar-refractivity contribution in [2.75, 3.05) is 0 Å². The van der Waals surface area contributed by atoms with Crippen LogP contribution in [0.4, 0.5) is 26.3 Å². The number of halogens is 6. The molecule has 0 aliphatic heterocycles. The standard InChI is InChI=1S/C27H29F6NO2Si/c1-25(2,3)37(4,5)36-24(14-18-16-34-22-9-7-6-8-21(18)22)23(35)11-10-17-12-19(26(28,29)30)15-20(13-17)27(31,32)33/h6-13,15-16,24,34H,14H2,1-5H3. The van der Waals surface area contributed by atoms with Crippen molar-refractivity contribution in [2.24, 2.45) is 0 Å². The van der Waals surface area contributed by atoms with Crippen molar-refractivity contribution >= 4 is 31.1 Å². The topological polar surface area (TPSA) is 42.1 Å². The van der Waals surface area contributed by atoms with Gasteiger partial charge in [0.25, 0.3) is 0 Å². The highest BCUT2D eigenvalue weighted by atomic mass is 28.4. The lowest BCUT2D eigenvalue weighted by atomic mass is 10.0. The average Bonchev–Trinajstić information content (AvgIpc) is 3.17. The maximum atomic E-state index is 13.3. The monoisotopic (exact) mass is 541 g/mol. The molecule has 200 valence electrons. The highest BCUT2D eigenvalue weighted by molar-refractivity contribution is 6.74. The Balaban J connectivity index is 1.98. The molecule has 0 saturated carbocycles. The Kier molecular flexibility index (Phi) is 7.86. The molecule has 3 rings (SSSR count). The van der Waals surface area contributed by atoms with Gasteiger partial charge in [0, 0.05) is 23.5 Å². The van der Waals surface area contributed by atoms with Crippen molar-refractivity contribution in [3.05, 3.63) is 77.0 Å². The smallest absolute Gasteiger partial charge is 0.406 e. The summed E-state index contributed by atoms with van der Waals surface area (Å²) in [6.45, 7) is 9.94. The summed E-state index contributed by atoms with van der Waals surface area (Å²) < 4.78 is 85.7. The van der Waals surface area contributed by atoms with Crippen molar-refractivity contribution in [3.8, 4) is 0 Å². The average molecular weight is 542 g/mol. The van der Waals surface area contributed by atoms with E-state index in [1.807, 2.05) is 58.1 Å². The third-order valence-electron chi connectivity index (χ3n) is 6.69. The fraction of sp³-hybridized carbons (Fsp3) is 0.370. The van der Waals surface area contributed by atoms with Gasteiger partial charge >= 0.3 is 12.4 Å². The first-order chi connectivity index (χ1) is 16.9. The van der Waals surface area contributed by atoms with Gasteiger partial charge in [-0.25, -0.2) is 0 Å². The summed E-state index contributed by atoms with van der Waals surface area (Å²) in [4.78, 5) is 16.4. The minimum atomic E-state index is -4.98. The quantitative estimate of drug-likeness (QED) is 0.185. The lowest BCUT2D eigenvalue weighted by Gasteiger charge is -2.38. The Morgan fingerprint density at radius 3 is 2.08 bits per heavy atom. The zero-order valence-electron chi connectivity index (χ0n) is 21.1. The molecular formula is C27H29F6NO2Si. The van der Waals surface area contributed by atoms with Gasteiger partial charge in [0.1, 0.15) is 6.10 Å². The van der Waals surface area contributed by atoms with E-state index in [1.165, 1.54) is 0 Å². The number of nitrogens with one attached hydrogen (secondary N) is 1. The molecule has 0 bridgehead atoms. The number of rotatable bonds is 7. The summed E-state index contributed by atoms with van der Waals surface area (Å²) in [5.74, 6) is -0.541. The fourth-order valence-electron chi connectivity index (χ4n) is 3.59. The number of aromatic nitrogens is 1. The van der Waals surface area contributed by atoms with E-state index in [0.717, 1.165) is 28.6 Å². The molecule has 0 aliphatic carbocycles. The number of H-pyrrole nitrogens is 1. The van der Waals surface area contributed by atoms with Crippen LogP contribution in [0, 0.1) is 0 Å². The third kappa shape index (κ3) is 6.92. The van der Waals surface area contributed by atoms with Gasteiger partial charge in [-0.15, -0.1) is 0 Å². The van der Waals surface area contributed by atoms with Crippen LogP contribution in [0.1, 0.15) is 43.0 Å². The molecule has 0 radical (unpaired) electrons. The molecule has 1 aromatic heterocycles. The zero-order chi connectivity index (χ0) is 27.8. The summed E-state index contributed by atoms with van der Waals surface area (Å²) in [5, 5.41) is 0.661. The first-order valence-corrected chi connectivity index (χ1v) is 14.5. The maximum absolute atomic E-state index is 13.3. The molecular weight excluding hydrogens is 512 g/mol. The molecule has 37 heavy (non-hydrogen) atoms. The molecule has 0 fully saturated rings. The summed E-state index contributed by atoms with van der Waals surface area (Å²) >= 11 is 0. The van der Waals surface area contributed by atoms with Gasteiger partial charge in [-0.2, -0.15) is 26.3 Å². The van der Waals surface area contributed by atoms with E-state index in [9.17, 15) is 31.1 Å². The number of hydrogen-bond donors (Lipinski definition) is 1. The number of hydrogen-bond acceptors (Lipinski definition) is 2. The molecule has 3 nitrogen and oxygen atoms in total. The Labute approximate surface area is 212 Å². The second kappa shape index (κ2) is 10.1. The maximum Gasteiger partial charge on any atom is 0.416 e. The van der Waals surface area contributed by atoms with Gasteiger partial charge in [0.05, 0.1) is 11.1 Å². The Bertz CT molecular complexity index is 1270. The molecule has 0 saturated heterocycles. The second-order valence-corrected chi connectivity index (χ2v) is 15.3. The third-order valence-corrected chi connectivity index (χ3v) is 11.2. The van der Waals surface area contributed by atoms with E-state index in [-0.39, 0.29) is 23.1 Å². The molecule has 1 atom stereocenters. The molecule has 3 aromatic rings. The van der Waals surface area contributed by atoms with Crippen LogP contribution in [0.2, 0.25) is 18.1 Å². The first kappa shape index (κ1) is 28.7. The SMILES string of the molecule is CC(C)(C)[Si](C)(C)OC(Cc1c[nH]c2ccccc12)C(=O)C=Cc1cc(C(F)(F)F)cc(C(F)(F)F)c1. The van der Waals surface area contributed by atoms with Gasteiger partial charge < -0.3 is 9.41 Å². The Hall–Kier alpha value is -2.85. The van der Waals surface area contributed by atoms with Gasteiger partial charge in [0.2, 0.25) is 0 Å². The van der Waals surface area contributed by atoms with Crippen LogP contribution in [-0.4, -0.2) is 25.2 Å². The number of para-hydroxylation sites is 1. The highest BCUT2D eigenvalue weighted by Crippen LogP contribution is 2.39. The van der Waals surface area contributed by atoms with Crippen LogP contribution in [0.15, 0.2) is 54.7 Å². The molecule has 0 aliphatic rings. The Morgan fingerprint density at radius 1 is 0.973 bits per heavy atom. The molecule has 1 unspecified atom stereocenters. The van der Waals surface area contributed by atoms with Crippen LogP contribution < -0.4 is 0 Å². The van der Waals surface area contributed by atoms with E-state index >= 15 is 0 Å². The van der Waals surface area contributed by atoms with Gasteiger partial charge in [-0.05, 0) is 59.6 Å². The molecule has 10 heteroatoms. The van der Waals surface area contributed by atoms with Crippen LogP contribution in [0.25, 0.3) is 17.0 Å².